The molecule has 0 radical (unpaired) electrons. The van der Waals surface area contributed by atoms with Crippen LogP contribution in [0.3, 0.4) is 0 Å². The molecule has 5 heteroatoms. The highest BCUT2D eigenvalue weighted by Crippen LogP contribution is 2.13. The van der Waals surface area contributed by atoms with Gasteiger partial charge < -0.3 is 16.4 Å². The lowest BCUT2D eigenvalue weighted by Gasteiger charge is -2.11. The molecule has 0 heterocycles. The number of nitrogens with two attached hydrogens (primary N) is 1. The van der Waals surface area contributed by atoms with Gasteiger partial charge in [0, 0.05) is 18.3 Å². The molecule has 1 atom stereocenters. The van der Waals surface area contributed by atoms with Gasteiger partial charge in [0.05, 0.1) is 6.04 Å². The highest BCUT2D eigenvalue weighted by Gasteiger charge is 2.11. The van der Waals surface area contributed by atoms with Gasteiger partial charge in [-0.3, -0.25) is 9.59 Å². The third-order valence-electron chi connectivity index (χ3n) is 2.41. The first-order chi connectivity index (χ1) is 8.52. The van der Waals surface area contributed by atoms with Crippen LogP contribution in [-0.4, -0.2) is 17.9 Å². The first kappa shape index (κ1) is 14.2. The summed E-state index contributed by atoms with van der Waals surface area (Å²) in [5.41, 5.74) is 7.06. The average Bonchev–Trinajstić information content (AvgIpc) is 2.31. The van der Waals surface area contributed by atoms with Gasteiger partial charge in [0.2, 0.25) is 11.8 Å². The molecular weight excluding hydrogens is 230 g/mol. The molecule has 0 fully saturated rings. The molecule has 1 rings (SSSR count). The zero-order valence-corrected chi connectivity index (χ0v) is 10.7. The van der Waals surface area contributed by atoms with Crippen LogP contribution in [0, 0.1) is 0 Å². The van der Waals surface area contributed by atoms with Crippen molar-refractivity contribution in [1.82, 2.24) is 0 Å². The number of amides is 2. The van der Waals surface area contributed by atoms with E-state index >= 15 is 0 Å². The van der Waals surface area contributed by atoms with Crippen molar-refractivity contribution < 1.29 is 9.59 Å². The molecular formula is C13H19N3O2. The smallest absolute Gasteiger partial charge is 0.241 e. The van der Waals surface area contributed by atoms with E-state index in [9.17, 15) is 9.59 Å². The summed E-state index contributed by atoms with van der Waals surface area (Å²) in [6, 6.07) is 6.42. The van der Waals surface area contributed by atoms with Crippen LogP contribution in [-0.2, 0) is 9.59 Å². The molecule has 5 nitrogen and oxygen atoms in total. The number of hydrogen-bond acceptors (Lipinski definition) is 3. The summed E-state index contributed by atoms with van der Waals surface area (Å²) in [4.78, 5) is 22.5. The molecule has 0 bridgehead atoms. The van der Waals surface area contributed by atoms with E-state index < -0.39 is 6.04 Å². The van der Waals surface area contributed by atoms with Gasteiger partial charge in [0.1, 0.15) is 0 Å². The number of anilines is 2. The number of carbonyl (C=O) groups excluding carboxylic acids is 2. The fourth-order valence-corrected chi connectivity index (χ4v) is 1.52. The molecule has 18 heavy (non-hydrogen) atoms. The van der Waals surface area contributed by atoms with Crippen LogP contribution >= 0.6 is 0 Å². The third kappa shape index (κ3) is 4.55. The van der Waals surface area contributed by atoms with Crippen molar-refractivity contribution in [2.45, 2.75) is 32.7 Å². The number of hydrogen-bond donors (Lipinski definition) is 3. The fourth-order valence-electron chi connectivity index (χ4n) is 1.52. The van der Waals surface area contributed by atoms with E-state index in [1.807, 2.05) is 6.92 Å². The Morgan fingerprint density at radius 2 is 1.67 bits per heavy atom. The van der Waals surface area contributed by atoms with E-state index in [1.165, 1.54) is 6.92 Å². The van der Waals surface area contributed by atoms with Gasteiger partial charge in [-0.2, -0.15) is 0 Å². The third-order valence-corrected chi connectivity index (χ3v) is 2.41. The number of benzene rings is 1. The fraction of sp³-hybridized carbons (Fsp3) is 0.385. The van der Waals surface area contributed by atoms with Crippen LogP contribution in [0.1, 0.15) is 26.7 Å². The Labute approximate surface area is 107 Å². The summed E-state index contributed by atoms with van der Waals surface area (Å²) in [7, 11) is 0. The van der Waals surface area contributed by atoms with Gasteiger partial charge in [0.15, 0.2) is 0 Å². The van der Waals surface area contributed by atoms with Gasteiger partial charge in [-0.05, 0) is 30.7 Å². The number of rotatable bonds is 5. The van der Waals surface area contributed by atoms with Crippen LogP contribution in [0.15, 0.2) is 24.3 Å². The Kier molecular flexibility index (Phi) is 5.32. The maximum atomic E-state index is 11.7. The highest BCUT2D eigenvalue weighted by atomic mass is 16.2. The Hall–Kier alpha value is -1.88. The molecule has 0 aliphatic rings. The molecule has 0 aliphatic heterocycles. The largest absolute Gasteiger partial charge is 0.326 e. The van der Waals surface area contributed by atoms with Crippen molar-refractivity contribution in [1.29, 1.82) is 0 Å². The summed E-state index contributed by atoms with van der Waals surface area (Å²) in [6.45, 7) is 3.43. The van der Waals surface area contributed by atoms with E-state index in [4.69, 9.17) is 5.73 Å². The SMILES string of the molecule is CCC[C@H](N)C(=O)Nc1ccc(NC(C)=O)cc1. The van der Waals surface area contributed by atoms with Crippen LogP contribution in [0.4, 0.5) is 11.4 Å². The monoisotopic (exact) mass is 249 g/mol. The molecule has 0 aliphatic carbocycles. The lowest BCUT2D eigenvalue weighted by molar-refractivity contribution is -0.117. The minimum absolute atomic E-state index is 0.128. The Morgan fingerprint density at radius 1 is 1.17 bits per heavy atom. The first-order valence-corrected chi connectivity index (χ1v) is 5.97. The Morgan fingerprint density at radius 3 is 2.11 bits per heavy atom. The summed E-state index contributed by atoms with van der Waals surface area (Å²) in [5, 5.41) is 5.38. The Balaban J connectivity index is 2.58. The minimum atomic E-state index is -0.481. The second-order valence-corrected chi connectivity index (χ2v) is 4.14. The van der Waals surface area contributed by atoms with E-state index in [1.54, 1.807) is 24.3 Å². The van der Waals surface area contributed by atoms with Crippen molar-refractivity contribution in [2.24, 2.45) is 5.73 Å². The molecule has 98 valence electrons. The van der Waals surface area contributed by atoms with E-state index in [0.717, 1.165) is 6.42 Å². The van der Waals surface area contributed by atoms with Gasteiger partial charge in [0.25, 0.3) is 0 Å². The van der Waals surface area contributed by atoms with Gasteiger partial charge >= 0.3 is 0 Å². The van der Waals surface area contributed by atoms with Crippen molar-refractivity contribution in [3.8, 4) is 0 Å². The molecule has 1 aromatic rings. The van der Waals surface area contributed by atoms with E-state index in [0.29, 0.717) is 17.8 Å². The summed E-state index contributed by atoms with van der Waals surface area (Å²) < 4.78 is 0. The van der Waals surface area contributed by atoms with Gasteiger partial charge in [-0.1, -0.05) is 13.3 Å². The lowest BCUT2D eigenvalue weighted by Crippen LogP contribution is -2.35. The highest BCUT2D eigenvalue weighted by molar-refractivity contribution is 5.95. The first-order valence-electron chi connectivity index (χ1n) is 5.97. The maximum absolute atomic E-state index is 11.7. The van der Waals surface area contributed by atoms with Gasteiger partial charge in [-0.25, -0.2) is 0 Å². The molecule has 2 amide bonds. The zero-order valence-electron chi connectivity index (χ0n) is 10.7. The maximum Gasteiger partial charge on any atom is 0.241 e. The number of nitrogens with one attached hydrogen (secondary N) is 2. The molecule has 0 saturated carbocycles. The van der Waals surface area contributed by atoms with Crippen molar-refractivity contribution in [3.05, 3.63) is 24.3 Å². The topological polar surface area (TPSA) is 84.2 Å². The normalized spacial score (nSPS) is 11.7. The van der Waals surface area contributed by atoms with Crippen LogP contribution < -0.4 is 16.4 Å². The second kappa shape index (κ2) is 6.76. The van der Waals surface area contributed by atoms with Crippen molar-refractivity contribution >= 4 is 23.2 Å². The van der Waals surface area contributed by atoms with Gasteiger partial charge in [-0.15, -0.1) is 0 Å². The van der Waals surface area contributed by atoms with E-state index in [2.05, 4.69) is 10.6 Å². The number of carbonyl (C=O) groups is 2. The summed E-state index contributed by atoms with van der Waals surface area (Å²) in [6.07, 6.45) is 1.53. The minimum Gasteiger partial charge on any atom is -0.326 e. The predicted molar refractivity (Wildman–Crippen MR) is 72.3 cm³/mol. The Bertz CT molecular complexity index is 415. The quantitative estimate of drug-likeness (QED) is 0.742. The van der Waals surface area contributed by atoms with E-state index in [-0.39, 0.29) is 11.8 Å². The molecule has 4 N–H and O–H groups in total. The average molecular weight is 249 g/mol. The summed E-state index contributed by atoms with van der Waals surface area (Å²) in [5.74, 6) is -0.319. The lowest BCUT2D eigenvalue weighted by atomic mass is 10.1. The standard InChI is InChI=1S/C13H19N3O2/c1-3-4-12(14)13(18)16-11-7-5-10(6-8-11)15-9(2)17/h5-8,12H,3-4,14H2,1-2H3,(H,15,17)(H,16,18)/t12-/m0/s1. The molecule has 0 unspecified atom stereocenters. The molecule has 0 aromatic heterocycles. The van der Waals surface area contributed by atoms with Crippen LogP contribution in [0.2, 0.25) is 0 Å². The summed E-state index contributed by atoms with van der Waals surface area (Å²) >= 11 is 0. The second-order valence-electron chi connectivity index (χ2n) is 4.14. The van der Waals surface area contributed by atoms with Crippen molar-refractivity contribution in [3.63, 3.8) is 0 Å². The van der Waals surface area contributed by atoms with Crippen LogP contribution in [0.5, 0.6) is 0 Å². The molecule has 1 aromatic carbocycles. The predicted octanol–water partition coefficient (Wildman–Crippen LogP) is 1.71. The molecule has 0 spiro atoms. The molecule has 0 saturated heterocycles. The van der Waals surface area contributed by atoms with Crippen LogP contribution in [0.25, 0.3) is 0 Å². The zero-order chi connectivity index (χ0) is 13.5. The van der Waals surface area contributed by atoms with Crippen molar-refractivity contribution in [2.75, 3.05) is 10.6 Å².